The highest BCUT2D eigenvalue weighted by Crippen LogP contribution is 2.41. The second kappa shape index (κ2) is 11.7. The molecule has 0 saturated heterocycles. The summed E-state index contributed by atoms with van der Waals surface area (Å²) in [5.74, 6) is 1.62. The molecule has 0 fully saturated rings. The maximum atomic E-state index is 11.6. The number of aromatic nitrogens is 1. The lowest BCUT2D eigenvalue weighted by Gasteiger charge is -2.37. The first-order valence-electron chi connectivity index (χ1n) is 12.4. The van der Waals surface area contributed by atoms with E-state index in [2.05, 4.69) is 57.1 Å². The second-order valence-electron chi connectivity index (χ2n) is 9.90. The van der Waals surface area contributed by atoms with E-state index in [1.165, 1.54) is 11.1 Å². The van der Waals surface area contributed by atoms with Crippen LogP contribution in [0.4, 0.5) is 5.82 Å². The van der Waals surface area contributed by atoms with E-state index in [1.54, 1.807) is 13.3 Å². The van der Waals surface area contributed by atoms with Crippen molar-refractivity contribution >= 4 is 11.4 Å². The Kier molecular flexibility index (Phi) is 8.93. The molecule has 1 aliphatic carbocycles. The summed E-state index contributed by atoms with van der Waals surface area (Å²) in [6.07, 6.45) is 10.9. The van der Waals surface area contributed by atoms with Crippen LogP contribution in [0.3, 0.4) is 0 Å². The van der Waals surface area contributed by atoms with E-state index >= 15 is 0 Å². The van der Waals surface area contributed by atoms with Crippen LogP contribution in [0.1, 0.15) is 55.5 Å². The Morgan fingerprint density at radius 3 is 2.39 bits per heavy atom. The lowest BCUT2D eigenvalue weighted by Crippen LogP contribution is -2.41. The van der Waals surface area contributed by atoms with Gasteiger partial charge in [-0.25, -0.2) is 4.98 Å². The Morgan fingerprint density at radius 2 is 1.81 bits per heavy atom. The third-order valence-corrected chi connectivity index (χ3v) is 6.68. The summed E-state index contributed by atoms with van der Waals surface area (Å²) in [4.78, 5) is 4.60. The van der Waals surface area contributed by atoms with Crippen LogP contribution in [-0.4, -0.2) is 36.5 Å². The molecule has 0 saturated carbocycles. The molecule has 0 spiro atoms. The number of rotatable bonds is 9. The molecule has 2 atom stereocenters. The van der Waals surface area contributed by atoms with Gasteiger partial charge in [0, 0.05) is 18.3 Å². The van der Waals surface area contributed by atoms with Gasteiger partial charge >= 0.3 is 0 Å². The molecule has 5 nitrogen and oxygen atoms in total. The van der Waals surface area contributed by atoms with Gasteiger partial charge in [-0.15, -0.1) is 0 Å². The first-order chi connectivity index (χ1) is 17.1. The van der Waals surface area contributed by atoms with Crippen molar-refractivity contribution in [3.63, 3.8) is 0 Å². The molecule has 5 heteroatoms. The highest BCUT2D eigenvalue weighted by Gasteiger charge is 2.40. The zero-order chi connectivity index (χ0) is 26.5. The van der Waals surface area contributed by atoms with E-state index < -0.39 is 11.7 Å². The van der Waals surface area contributed by atoms with Gasteiger partial charge in [-0.05, 0) is 101 Å². The topological polar surface area (TPSA) is 63.6 Å². The molecule has 2 aromatic rings. The number of aliphatic hydroxyl groups is 1. The Labute approximate surface area is 216 Å². The minimum Gasteiger partial charge on any atom is -0.496 e. The summed E-state index contributed by atoms with van der Waals surface area (Å²) in [6.45, 7) is 15.5. The van der Waals surface area contributed by atoms with Gasteiger partial charge in [-0.1, -0.05) is 35.4 Å². The lowest BCUT2D eigenvalue weighted by atomic mass is 9.80. The van der Waals surface area contributed by atoms with E-state index in [1.807, 2.05) is 50.3 Å². The minimum atomic E-state index is -1.05. The van der Waals surface area contributed by atoms with Gasteiger partial charge in [0.25, 0.3) is 0 Å². The molecule has 36 heavy (non-hydrogen) atoms. The third-order valence-electron chi connectivity index (χ3n) is 6.68. The normalized spacial score (nSPS) is 18.9. The van der Waals surface area contributed by atoms with E-state index in [-0.39, 0.29) is 0 Å². The van der Waals surface area contributed by atoms with Crippen LogP contribution in [0.25, 0.3) is 5.57 Å². The Balaban J connectivity index is 2.00. The number of anilines is 1. The van der Waals surface area contributed by atoms with Crippen LogP contribution in [0.15, 0.2) is 65.9 Å². The zero-order valence-corrected chi connectivity index (χ0v) is 22.9. The molecule has 1 aliphatic rings. The van der Waals surface area contributed by atoms with Crippen LogP contribution >= 0.6 is 0 Å². The highest BCUT2D eigenvalue weighted by molar-refractivity contribution is 5.82. The molecular formula is C31H40N2O3. The molecule has 1 heterocycles. The van der Waals surface area contributed by atoms with E-state index in [9.17, 15) is 5.11 Å². The number of pyridine rings is 1. The lowest BCUT2D eigenvalue weighted by molar-refractivity contribution is -0.0694. The fourth-order valence-corrected chi connectivity index (χ4v) is 4.41. The molecule has 1 aromatic heterocycles. The van der Waals surface area contributed by atoms with Crippen molar-refractivity contribution < 1.29 is 14.6 Å². The van der Waals surface area contributed by atoms with Gasteiger partial charge in [0.05, 0.1) is 13.7 Å². The zero-order valence-electron chi connectivity index (χ0n) is 22.9. The summed E-state index contributed by atoms with van der Waals surface area (Å²) in [7, 11) is 1.69. The average Bonchev–Trinajstić information content (AvgIpc) is 2.83. The van der Waals surface area contributed by atoms with Crippen molar-refractivity contribution in [2.45, 2.75) is 60.2 Å². The maximum Gasteiger partial charge on any atom is 0.143 e. The van der Waals surface area contributed by atoms with Crippen molar-refractivity contribution in [2.24, 2.45) is 0 Å². The van der Waals surface area contributed by atoms with Crippen LogP contribution in [0.5, 0.6) is 5.75 Å². The summed E-state index contributed by atoms with van der Waals surface area (Å²) >= 11 is 0. The fraction of sp³-hybridized carbons (Fsp3) is 0.387. The van der Waals surface area contributed by atoms with Crippen molar-refractivity contribution in [2.75, 3.05) is 25.6 Å². The van der Waals surface area contributed by atoms with Gasteiger partial charge in [0.2, 0.25) is 0 Å². The molecule has 0 amide bonds. The number of aryl methyl sites for hydroxylation is 1. The maximum absolute atomic E-state index is 11.6. The first kappa shape index (κ1) is 27.4. The number of benzene rings is 1. The van der Waals surface area contributed by atoms with Crippen molar-refractivity contribution in [1.82, 2.24) is 4.98 Å². The molecule has 1 aromatic carbocycles. The number of ether oxygens (including phenoxy) is 2. The number of hydrogen-bond donors (Lipinski definition) is 2. The predicted octanol–water partition coefficient (Wildman–Crippen LogP) is 6.59. The molecule has 192 valence electrons. The standard InChI is InChI=1S/C31H40N2O3/c1-20(2)12-15-32-29-10-9-26(19-33-29)31(36-16-13-21(3)4)14-11-25(18-28(31)34)30-23(6)22(5)17-27(35-8)24(30)7/h9-14,17-19,28,34H,15-16H2,1-8H3,(H,32,33). The van der Waals surface area contributed by atoms with Crippen molar-refractivity contribution in [3.05, 3.63) is 93.7 Å². The Hall–Kier alpha value is -3.15. The number of aliphatic hydroxyl groups excluding tert-OH is 1. The smallest absolute Gasteiger partial charge is 0.143 e. The van der Waals surface area contributed by atoms with Crippen LogP contribution in [0.2, 0.25) is 0 Å². The van der Waals surface area contributed by atoms with E-state index in [0.717, 1.165) is 45.0 Å². The summed E-state index contributed by atoms with van der Waals surface area (Å²) < 4.78 is 12.0. The molecule has 2 unspecified atom stereocenters. The van der Waals surface area contributed by atoms with Gasteiger partial charge in [-0.3, -0.25) is 0 Å². The van der Waals surface area contributed by atoms with Crippen LogP contribution < -0.4 is 10.1 Å². The Morgan fingerprint density at radius 1 is 1.08 bits per heavy atom. The van der Waals surface area contributed by atoms with Crippen molar-refractivity contribution in [1.29, 1.82) is 0 Å². The number of allylic oxidation sites excluding steroid dienone is 4. The minimum absolute atomic E-state index is 0.379. The fourth-order valence-electron chi connectivity index (χ4n) is 4.41. The monoisotopic (exact) mass is 488 g/mol. The predicted molar refractivity (Wildman–Crippen MR) is 150 cm³/mol. The summed E-state index contributed by atoms with van der Waals surface area (Å²) in [5.41, 5.74) is 7.56. The molecular weight excluding hydrogens is 448 g/mol. The summed E-state index contributed by atoms with van der Waals surface area (Å²) in [5, 5.41) is 14.9. The summed E-state index contributed by atoms with van der Waals surface area (Å²) in [6, 6.07) is 5.96. The second-order valence-corrected chi connectivity index (χ2v) is 9.90. The van der Waals surface area contributed by atoms with Crippen molar-refractivity contribution in [3.8, 4) is 5.75 Å². The molecule has 3 rings (SSSR count). The largest absolute Gasteiger partial charge is 0.496 e. The molecule has 0 bridgehead atoms. The third kappa shape index (κ3) is 5.97. The Bertz CT molecular complexity index is 1200. The number of hydrogen-bond acceptors (Lipinski definition) is 5. The van der Waals surface area contributed by atoms with Gasteiger partial charge < -0.3 is 19.9 Å². The number of methoxy groups -OCH3 is 1. The van der Waals surface area contributed by atoms with E-state index in [0.29, 0.717) is 13.2 Å². The molecule has 2 N–H and O–H groups in total. The average molecular weight is 489 g/mol. The van der Waals surface area contributed by atoms with Gasteiger partial charge in [-0.2, -0.15) is 0 Å². The van der Waals surface area contributed by atoms with Crippen LogP contribution in [-0.2, 0) is 10.3 Å². The number of nitrogens with zero attached hydrogens (tertiary/aromatic N) is 1. The first-order valence-corrected chi connectivity index (χ1v) is 12.4. The van der Waals surface area contributed by atoms with Crippen LogP contribution in [0, 0.1) is 20.8 Å². The molecule has 0 radical (unpaired) electrons. The quantitative estimate of drug-likeness (QED) is 0.390. The van der Waals surface area contributed by atoms with E-state index in [4.69, 9.17) is 9.47 Å². The highest BCUT2D eigenvalue weighted by atomic mass is 16.5. The molecule has 0 aliphatic heterocycles. The van der Waals surface area contributed by atoms with Gasteiger partial charge in [0.1, 0.15) is 23.3 Å². The SMILES string of the molecule is COc1cc(C)c(C)c(C2=CC(O)C(OCC=C(C)C)(c3ccc(NCC=C(C)C)nc3)C=C2)c1C. The number of nitrogens with one attached hydrogen (secondary N) is 1. The van der Waals surface area contributed by atoms with Gasteiger partial charge in [0.15, 0.2) is 0 Å².